The quantitative estimate of drug-likeness (QED) is 0.532. The molecule has 3 aromatic rings. The Morgan fingerprint density at radius 3 is 2.73 bits per heavy atom. The summed E-state index contributed by atoms with van der Waals surface area (Å²) in [4.78, 5) is 12.3. The van der Waals surface area contributed by atoms with Gasteiger partial charge in [-0.05, 0) is 30.0 Å². The topological polar surface area (TPSA) is 69.0 Å². The molecule has 1 aliphatic heterocycles. The number of benzene rings is 2. The molecule has 8 heteroatoms. The molecule has 1 fully saturated rings. The zero-order valence-corrected chi connectivity index (χ0v) is 18.0. The van der Waals surface area contributed by atoms with Gasteiger partial charge in [-0.25, -0.2) is 0 Å². The van der Waals surface area contributed by atoms with Crippen molar-refractivity contribution in [2.75, 3.05) is 6.61 Å². The lowest BCUT2D eigenvalue weighted by Gasteiger charge is -2.13. The van der Waals surface area contributed by atoms with Crippen LogP contribution in [0.1, 0.15) is 29.8 Å². The van der Waals surface area contributed by atoms with E-state index in [1.807, 2.05) is 47.0 Å². The molecule has 1 aliphatic rings. The van der Waals surface area contributed by atoms with Gasteiger partial charge in [0.15, 0.2) is 11.0 Å². The van der Waals surface area contributed by atoms with E-state index in [9.17, 15) is 4.79 Å². The highest BCUT2D eigenvalue weighted by molar-refractivity contribution is 7.98. The van der Waals surface area contributed by atoms with Crippen LogP contribution < -0.4 is 5.32 Å². The summed E-state index contributed by atoms with van der Waals surface area (Å²) in [5, 5.41) is 13.2. The number of nitrogens with one attached hydrogen (secondary N) is 1. The van der Waals surface area contributed by atoms with Crippen LogP contribution in [0, 0.1) is 0 Å². The monoisotopic (exact) mass is 442 g/mol. The molecule has 2 aromatic carbocycles. The first-order valence-electron chi connectivity index (χ1n) is 9.92. The third kappa shape index (κ3) is 5.22. The van der Waals surface area contributed by atoms with Crippen LogP contribution in [-0.4, -0.2) is 33.4 Å². The first kappa shape index (κ1) is 20.9. The van der Waals surface area contributed by atoms with Crippen LogP contribution >= 0.6 is 23.4 Å². The second kappa shape index (κ2) is 10.1. The highest BCUT2D eigenvalue weighted by atomic mass is 35.5. The molecule has 1 unspecified atom stereocenters. The molecule has 0 radical (unpaired) electrons. The van der Waals surface area contributed by atoms with Crippen LogP contribution in [0.15, 0.2) is 59.8 Å². The van der Waals surface area contributed by atoms with Crippen LogP contribution in [0.4, 0.5) is 0 Å². The lowest BCUT2D eigenvalue weighted by Crippen LogP contribution is -2.34. The third-order valence-corrected chi connectivity index (χ3v) is 6.32. The second-order valence-electron chi connectivity index (χ2n) is 7.07. The molecule has 4 rings (SSSR count). The van der Waals surface area contributed by atoms with Crippen molar-refractivity contribution in [3.05, 3.63) is 76.6 Å². The molecule has 1 saturated heterocycles. The number of hydrogen-bond acceptors (Lipinski definition) is 5. The van der Waals surface area contributed by atoms with E-state index < -0.39 is 0 Å². The number of carbonyl (C=O) groups excluding carboxylic acids is 1. The van der Waals surface area contributed by atoms with Crippen molar-refractivity contribution in [2.45, 2.75) is 42.9 Å². The summed E-state index contributed by atoms with van der Waals surface area (Å²) in [7, 11) is 0. The lowest BCUT2D eigenvalue weighted by atomic mass is 10.2. The standard InChI is InChI=1S/C22H23ClN4O2S/c23-18-10-5-4-9-17(18)15-30-22-26-25-20(13-24-21(28)19-11-6-12-29-19)27(22)14-16-7-2-1-3-8-16/h1-5,7-10,19H,6,11-15H2,(H,24,28). The van der Waals surface area contributed by atoms with Crippen LogP contribution in [0.2, 0.25) is 5.02 Å². The maximum atomic E-state index is 12.3. The molecule has 2 heterocycles. The lowest BCUT2D eigenvalue weighted by molar-refractivity contribution is -0.130. The number of rotatable bonds is 8. The van der Waals surface area contributed by atoms with Gasteiger partial charge in [0.1, 0.15) is 6.10 Å². The predicted octanol–water partition coefficient (Wildman–Crippen LogP) is 4.07. The van der Waals surface area contributed by atoms with Crippen molar-refractivity contribution < 1.29 is 9.53 Å². The number of halogens is 1. The first-order valence-corrected chi connectivity index (χ1v) is 11.3. The SMILES string of the molecule is O=C(NCc1nnc(SCc2ccccc2Cl)n1Cc1ccccc1)C1CCCO1. The van der Waals surface area contributed by atoms with Crippen LogP contribution in [0.5, 0.6) is 0 Å². The minimum Gasteiger partial charge on any atom is -0.368 e. The second-order valence-corrected chi connectivity index (χ2v) is 8.42. The molecule has 30 heavy (non-hydrogen) atoms. The Hall–Kier alpha value is -2.35. The molecule has 1 aromatic heterocycles. The summed E-state index contributed by atoms with van der Waals surface area (Å²) in [6.07, 6.45) is 1.33. The van der Waals surface area contributed by atoms with E-state index >= 15 is 0 Å². The maximum Gasteiger partial charge on any atom is 0.249 e. The number of aromatic nitrogens is 3. The number of thioether (sulfide) groups is 1. The molecule has 0 aliphatic carbocycles. The molecule has 0 bridgehead atoms. The fourth-order valence-corrected chi connectivity index (χ4v) is 4.55. The van der Waals surface area contributed by atoms with Crippen LogP contribution in [0.3, 0.4) is 0 Å². The zero-order valence-electron chi connectivity index (χ0n) is 16.5. The van der Waals surface area contributed by atoms with E-state index in [2.05, 4.69) is 27.6 Å². The van der Waals surface area contributed by atoms with Crippen molar-refractivity contribution in [3.63, 3.8) is 0 Å². The minimum absolute atomic E-state index is 0.0907. The summed E-state index contributed by atoms with van der Waals surface area (Å²) in [6.45, 7) is 1.58. The Morgan fingerprint density at radius 1 is 1.17 bits per heavy atom. The summed E-state index contributed by atoms with van der Waals surface area (Å²) >= 11 is 7.88. The number of carbonyl (C=O) groups is 1. The normalized spacial score (nSPS) is 16.0. The van der Waals surface area contributed by atoms with Crippen molar-refractivity contribution in [3.8, 4) is 0 Å². The summed E-state index contributed by atoms with van der Waals surface area (Å²) in [5.41, 5.74) is 2.19. The van der Waals surface area contributed by atoms with E-state index in [-0.39, 0.29) is 12.0 Å². The maximum absolute atomic E-state index is 12.3. The fourth-order valence-electron chi connectivity index (χ4n) is 3.30. The summed E-state index contributed by atoms with van der Waals surface area (Å²) in [6, 6.07) is 17.9. The number of ether oxygens (including phenoxy) is 1. The highest BCUT2D eigenvalue weighted by Crippen LogP contribution is 2.26. The Bertz CT molecular complexity index is 990. The third-order valence-electron chi connectivity index (χ3n) is 4.93. The Morgan fingerprint density at radius 2 is 1.97 bits per heavy atom. The number of amides is 1. The zero-order chi connectivity index (χ0) is 20.8. The molecule has 0 saturated carbocycles. The van der Waals surface area contributed by atoms with Gasteiger partial charge in [-0.15, -0.1) is 10.2 Å². The molecular formula is C22H23ClN4O2S. The van der Waals surface area contributed by atoms with Gasteiger partial charge in [0.05, 0.1) is 13.1 Å². The van der Waals surface area contributed by atoms with Gasteiger partial charge in [0.25, 0.3) is 0 Å². The number of nitrogens with zero attached hydrogens (tertiary/aromatic N) is 3. The van der Waals surface area contributed by atoms with Gasteiger partial charge >= 0.3 is 0 Å². The van der Waals surface area contributed by atoms with Crippen molar-refractivity contribution >= 4 is 29.3 Å². The van der Waals surface area contributed by atoms with Crippen molar-refractivity contribution in [2.24, 2.45) is 0 Å². The van der Waals surface area contributed by atoms with Crippen LogP contribution in [-0.2, 0) is 28.4 Å². The van der Waals surface area contributed by atoms with Gasteiger partial charge in [0, 0.05) is 17.4 Å². The van der Waals surface area contributed by atoms with E-state index in [4.69, 9.17) is 16.3 Å². The van der Waals surface area contributed by atoms with Crippen molar-refractivity contribution in [1.82, 2.24) is 20.1 Å². The van der Waals surface area contributed by atoms with Crippen molar-refractivity contribution in [1.29, 1.82) is 0 Å². The fraction of sp³-hybridized carbons (Fsp3) is 0.318. The van der Waals surface area contributed by atoms with Gasteiger partial charge in [-0.3, -0.25) is 4.79 Å². The largest absolute Gasteiger partial charge is 0.368 e. The van der Waals surface area contributed by atoms with Gasteiger partial charge in [-0.1, -0.05) is 71.9 Å². The Labute approximate surface area is 185 Å². The highest BCUT2D eigenvalue weighted by Gasteiger charge is 2.24. The van der Waals surface area contributed by atoms with E-state index in [1.165, 1.54) is 0 Å². The summed E-state index contributed by atoms with van der Waals surface area (Å²) in [5.74, 6) is 1.31. The molecule has 1 atom stereocenters. The van der Waals surface area contributed by atoms with E-state index in [0.29, 0.717) is 31.3 Å². The predicted molar refractivity (Wildman–Crippen MR) is 117 cm³/mol. The molecular weight excluding hydrogens is 420 g/mol. The average molecular weight is 443 g/mol. The molecule has 0 spiro atoms. The van der Waals surface area contributed by atoms with E-state index in [1.54, 1.807) is 11.8 Å². The molecule has 156 valence electrons. The average Bonchev–Trinajstić information content (AvgIpc) is 3.43. The molecule has 1 N–H and O–H groups in total. The molecule has 6 nitrogen and oxygen atoms in total. The summed E-state index contributed by atoms with van der Waals surface area (Å²) < 4.78 is 7.51. The van der Waals surface area contributed by atoms with E-state index in [0.717, 1.165) is 34.1 Å². The number of hydrogen-bond donors (Lipinski definition) is 1. The first-order chi connectivity index (χ1) is 14.7. The van der Waals surface area contributed by atoms with Gasteiger partial charge < -0.3 is 14.6 Å². The molecule has 1 amide bonds. The Balaban J connectivity index is 1.50. The van der Waals surface area contributed by atoms with Gasteiger partial charge in [-0.2, -0.15) is 0 Å². The van der Waals surface area contributed by atoms with Gasteiger partial charge in [0.2, 0.25) is 5.91 Å². The van der Waals surface area contributed by atoms with Crippen LogP contribution in [0.25, 0.3) is 0 Å². The minimum atomic E-state index is -0.357. The smallest absolute Gasteiger partial charge is 0.249 e. The Kier molecular flexibility index (Phi) is 7.04.